The summed E-state index contributed by atoms with van der Waals surface area (Å²) in [5.74, 6) is -0.0753. The van der Waals surface area contributed by atoms with Gasteiger partial charge in [-0.1, -0.05) is 0 Å². The first-order valence-corrected chi connectivity index (χ1v) is 8.02. The number of nitrogens with one attached hydrogen (secondary N) is 1. The fourth-order valence-corrected chi connectivity index (χ4v) is 3.48. The van der Waals surface area contributed by atoms with Gasteiger partial charge in [0, 0.05) is 37.3 Å². The number of hydrogen-bond acceptors (Lipinski definition) is 5. The summed E-state index contributed by atoms with van der Waals surface area (Å²) in [7, 11) is 0. The van der Waals surface area contributed by atoms with Crippen molar-refractivity contribution < 1.29 is 4.79 Å². The van der Waals surface area contributed by atoms with Crippen LogP contribution in [0, 0.1) is 0 Å². The molecule has 2 aromatic heterocycles. The van der Waals surface area contributed by atoms with E-state index in [1.165, 1.54) is 31.1 Å². The second-order valence-electron chi connectivity index (χ2n) is 5.32. The van der Waals surface area contributed by atoms with Gasteiger partial charge in [-0.2, -0.15) is 5.10 Å². The van der Waals surface area contributed by atoms with Gasteiger partial charge in [0.15, 0.2) is 5.13 Å². The maximum absolute atomic E-state index is 11.0. The Morgan fingerprint density at radius 2 is 2.48 bits per heavy atom. The highest BCUT2D eigenvalue weighted by atomic mass is 32.1. The third-order valence-corrected chi connectivity index (χ3v) is 4.46. The Morgan fingerprint density at radius 1 is 1.57 bits per heavy atom. The van der Waals surface area contributed by atoms with Crippen LogP contribution in [-0.2, 0) is 17.9 Å². The molecular formula is C14H19N5OS. The minimum absolute atomic E-state index is 0.0753. The molecule has 1 fully saturated rings. The van der Waals surface area contributed by atoms with Crippen molar-refractivity contribution in [3.63, 3.8) is 0 Å². The molecule has 112 valence electrons. The van der Waals surface area contributed by atoms with Crippen LogP contribution in [-0.4, -0.2) is 38.2 Å². The van der Waals surface area contributed by atoms with Crippen molar-refractivity contribution in [2.75, 3.05) is 11.9 Å². The summed E-state index contributed by atoms with van der Waals surface area (Å²) >= 11 is 1.48. The van der Waals surface area contributed by atoms with Crippen LogP contribution in [0.15, 0.2) is 23.8 Å². The van der Waals surface area contributed by atoms with Gasteiger partial charge < -0.3 is 5.32 Å². The van der Waals surface area contributed by atoms with Gasteiger partial charge in [0.25, 0.3) is 0 Å². The number of rotatable bonds is 5. The number of anilines is 1. The second kappa shape index (κ2) is 6.36. The maximum Gasteiger partial charge on any atom is 0.223 e. The van der Waals surface area contributed by atoms with E-state index >= 15 is 0 Å². The van der Waals surface area contributed by atoms with E-state index in [4.69, 9.17) is 0 Å². The summed E-state index contributed by atoms with van der Waals surface area (Å²) in [5.41, 5.74) is 1.02. The van der Waals surface area contributed by atoms with Crippen LogP contribution in [0.25, 0.3) is 0 Å². The summed E-state index contributed by atoms with van der Waals surface area (Å²) in [5, 5.41) is 9.72. The van der Waals surface area contributed by atoms with E-state index in [0.29, 0.717) is 11.2 Å². The van der Waals surface area contributed by atoms with Crippen molar-refractivity contribution in [1.29, 1.82) is 0 Å². The van der Waals surface area contributed by atoms with Gasteiger partial charge in [-0.05, 0) is 25.5 Å². The number of aromatic nitrogens is 3. The van der Waals surface area contributed by atoms with Crippen molar-refractivity contribution in [3.05, 3.63) is 29.5 Å². The van der Waals surface area contributed by atoms with E-state index in [-0.39, 0.29) is 5.91 Å². The zero-order chi connectivity index (χ0) is 14.7. The van der Waals surface area contributed by atoms with E-state index in [2.05, 4.69) is 20.3 Å². The quantitative estimate of drug-likeness (QED) is 0.917. The van der Waals surface area contributed by atoms with Crippen LogP contribution in [0.3, 0.4) is 0 Å². The van der Waals surface area contributed by atoms with Gasteiger partial charge in [0.05, 0.1) is 12.2 Å². The number of carbonyl (C=O) groups is 1. The minimum Gasteiger partial charge on any atom is -0.302 e. The molecule has 1 aliphatic rings. The molecule has 0 aliphatic carbocycles. The monoisotopic (exact) mass is 305 g/mol. The molecule has 0 spiro atoms. The van der Waals surface area contributed by atoms with Crippen LogP contribution < -0.4 is 5.32 Å². The number of thiazole rings is 1. The zero-order valence-corrected chi connectivity index (χ0v) is 12.8. The number of hydrogen-bond donors (Lipinski definition) is 1. The van der Waals surface area contributed by atoms with E-state index in [0.717, 1.165) is 25.3 Å². The topological polar surface area (TPSA) is 63.1 Å². The molecule has 0 bridgehead atoms. The molecule has 3 rings (SSSR count). The summed E-state index contributed by atoms with van der Waals surface area (Å²) in [6.45, 7) is 4.36. The Kier molecular flexibility index (Phi) is 4.31. The van der Waals surface area contributed by atoms with E-state index in [9.17, 15) is 4.79 Å². The number of amides is 1. The normalized spacial score (nSPS) is 19.0. The van der Waals surface area contributed by atoms with Crippen LogP contribution in [0.2, 0.25) is 0 Å². The Morgan fingerprint density at radius 3 is 3.24 bits per heavy atom. The molecule has 0 saturated carbocycles. The van der Waals surface area contributed by atoms with Crippen molar-refractivity contribution in [3.8, 4) is 0 Å². The molecule has 21 heavy (non-hydrogen) atoms. The maximum atomic E-state index is 11.0. The van der Waals surface area contributed by atoms with Gasteiger partial charge in [-0.25, -0.2) is 4.98 Å². The summed E-state index contributed by atoms with van der Waals surface area (Å²) in [6.07, 6.45) is 6.24. The summed E-state index contributed by atoms with van der Waals surface area (Å²) in [4.78, 5) is 18.0. The average Bonchev–Trinajstić information content (AvgIpc) is 3.14. The van der Waals surface area contributed by atoms with Crippen LogP contribution >= 0.6 is 11.3 Å². The van der Waals surface area contributed by atoms with Crippen molar-refractivity contribution in [2.45, 2.75) is 38.9 Å². The van der Waals surface area contributed by atoms with Crippen molar-refractivity contribution >= 4 is 22.4 Å². The van der Waals surface area contributed by atoms with Gasteiger partial charge in [0.2, 0.25) is 5.91 Å². The Labute approximate surface area is 127 Å². The Bertz CT molecular complexity index is 594. The molecule has 7 heteroatoms. The van der Waals surface area contributed by atoms with Gasteiger partial charge in [-0.3, -0.25) is 14.4 Å². The standard InChI is InChI=1S/C14H19N5OS/c1-11(20)16-14-17-12(10-21-14)8-18-6-2-4-13(18)9-19-7-3-5-15-19/h3,5,7,10,13H,2,4,6,8-9H2,1H3,(H,16,17,20)/t13-/m1/s1. The predicted octanol–water partition coefficient (Wildman–Crippen LogP) is 1.96. The highest BCUT2D eigenvalue weighted by Gasteiger charge is 2.25. The van der Waals surface area contributed by atoms with E-state index in [1.807, 2.05) is 28.5 Å². The molecule has 2 aromatic rings. The molecular weight excluding hydrogens is 286 g/mol. The number of likely N-dealkylation sites (tertiary alicyclic amines) is 1. The first-order chi connectivity index (χ1) is 10.2. The summed E-state index contributed by atoms with van der Waals surface area (Å²) in [6, 6.07) is 2.47. The largest absolute Gasteiger partial charge is 0.302 e. The lowest BCUT2D eigenvalue weighted by molar-refractivity contribution is -0.114. The zero-order valence-electron chi connectivity index (χ0n) is 12.0. The van der Waals surface area contributed by atoms with Crippen LogP contribution in [0.5, 0.6) is 0 Å². The second-order valence-corrected chi connectivity index (χ2v) is 6.18. The van der Waals surface area contributed by atoms with Gasteiger partial charge in [0.1, 0.15) is 0 Å². The first-order valence-electron chi connectivity index (χ1n) is 7.14. The molecule has 3 heterocycles. The van der Waals surface area contributed by atoms with Crippen molar-refractivity contribution in [1.82, 2.24) is 19.7 Å². The predicted molar refractivity (Wildman–Crippen MR) is 82.1 cm³/mol. The van der Waals surface area contributed by atoms with E-state index in [1.54, 1.807) is 0 Å². The molecule has 0 unspecified atom stereocenters. The fraction of sp³-hybridized carbons (Fsp3) is 0.500. The smallest absolute Gasteiger partial charge is 0.223 e. The first kappa shape index (κ1) is 14.2. The molecule has 0 aromatic carbocycles. The molecule has 1 saturated heterocycles. The van der Waals surface area contributed by atoms with Crippen molar-refractivity contribution in [2.24, 2.45) is 0 Å². The SMILES string of the molecule is CC(=O)Nc1nc(CN2CCC[C@@H]2Cn2cccn2)cs1. The third-order valence-electron chi connectivity index (χ3n) is 3.66. The van der Waals surface area contributed by atoms with Gasteiger partial charge in [-0.15, -0.1) is 11.3 Å². The molecule has 0 radical (unpaired) electrons. The Hall–Kier alpha value is -1.73. The van der Waals surface area contributed by atoms with Crippen LogP contribution in [0.1, 0.15) is 25.5 Å². The minimum atomic E-state index is -0.0753. The average molecular weight is 305 g/mol. The lowest BCUT2D eigenvalue weighted by atomic mass is 10.2. The molecule has 1 amide bonds. The molecule has 1 aliphatic heterocycles. The lowest BCUT2D eigenvalue weighted by Gasteiger charge is -2.23. The fourth-order valence-electron chi connectivity index (χ4n) is 2.73. The summed E-state index contributed by atoms with van der Waals surface area (Å²) < 4.78 is 1.99. The lowest BCUT2D eigenvalue weighted by Crippen LogP contribution is -2.32. The third kappa shape index (κ3) is 3.68. The highest BCUT2D eigenvalue weighted by Crippen LogP contribution is 2.23. The Balaban J connectivity index is 1.60. The molecule has 6 nitrogen and oxygen atoms in total. The highest BCUT2D eigenvalue weighted by molar-refractivity contribution is 7.13. The van der Waals surface area contributed by atoms with Crippen LogP contribution in [0.4, 0.5) is 5.13 Å². The molecule has 1 N–H and O–H groups in total. The number of nitrogens with zero attached hydrogens (tertiary/aromatic N) is 4. The van der Waals surface area contributed by atoms with E-state index < -0.39 is 0 Å². The molecule has 1 atom stereocenters. The van der Waals surface area contributed by atoms with Gasteiger partial charge >= 0.3 is 0 Å². The number of carbonyl (C=O) groups excluding carboxylic acids is 1.